The van der Waals surface area contributed by atoms with Gasteiger partial charge in [0.1, 0.15) is 11.5 Å². The van der Waals surface area contributed by atoms with Gasteiger partial charge in [0.2, 0.25) is 0 Å². The number of ether oxygens (including phenoxy) is 1. The number of allylic oxidation sites excluding steroid dienone is 9. The summed E-state index contributed by atoms with van der Waals surface area (Å²) in [6, 6.07) is 3.32. The van der Waals surface area contributed by atoms with E-state index in [4.69, 9.17) is 4.74 Å². The fourth-order valence-electron chi connectivity index (χ4n) is 4.13. The molecule has 0 atom stereocenters. The molecular weight excluding hydrogens is 420 g/mol. The lowest BCUT2D eigenvalue weighted by atomic mass is 9.98. The van der Waals surface area contributed by atoms with Crippen molar-refractivity contribution in [3.05, 3.63) is 75.4 Å². The molecule has 0 saturated heterocycles. The van der Waals surface area contributed by atoms with Gasteiger partial charge in [0, 0.05) is 11.1 Å². The van der Waals surface area contributed by atoms with Crippen LogP contribution in [0.25, 0.3) is 5.57 Å². The number of aromatic hydroxyl groups is 1. The van der Waals surface area contributed by atoms with Crippen molar-refractivity contribution in [2.24, 2.45) is 0 Å². The van der Waals surface area contributed by atoms with Crippen LogP contribution in [0.3, 0.4) is 0 Å². The minimum Gasteiger partial charge on any atom is -0.508 e. The molecule has 0 fully saturated rings. The van der Waals surface area contributed by atoms with Gasteiger partial charge < -0.3 is 9.84 Å². The van der Waals surface area contributed by atoms with Crippen molar-refractivity contribution >= 4 is 11.5 Å². The standard InChI is InChI=1S/C31H42O3/c1-21(2)11-8-12-23(5)13-9-14-24(6)15-10-16-25(7)17-18-26-19-27(32)20-28-29(22(3)4)31(33)34-30(26)28/h11,13,15,17,19-20,32H,8-10,12,14,16,18H2,1-7H3/b23-13+,24-15+,25-17+. The van der Waals surface area contributed by atoms with E-state index in [2.05, 4.69) is 58.9 Å². The first kappa shape index (κ1) is 27.4. The summed E-state index contributed by atoms with van der Waals surface area (Å²) in [4.78, 5) is 12.3. The van der Waals surface area contributed by atoms with Crippen molar-refractivity contribution in [3.8, 4) is 11.5 Å². The second-order valence-electron chi connectivity index (χ2n) is 10.00. The lowest BCUT2D eigenvalue weighted by Crippen LogP contribution is -2.02. The first-order valence-electron chi connectivity index (χ1n) is 12.4. The number of hydrogen-bond donors (Lipinski definition) is 1. The SMILES string of the molecule is CC(C)=CCC/C(C)=C/CC/C(C)=C/CC/C(C)=C/Cc1cc(O)cc2c1OC(=O)C2=C(C)C. The molecule has 1 aliphatic heterocycles. The molecule has 34 heavy (non-hydrogen) atoms. The molecule has 0 bridgehead atoms. The van der Waals surface area contributed by atoms with E-state index in [0.717, 1.165) is 49.7 Å². The first-order valence-corrected chi connectivity index (χ1v) is 12.4. The van der Waals surface area contributed by atoms with E-state index >= 15 is 0 Å². The van der Waals surface area contributed by atoms with Crippen LogP contribution < -0.4 is 4.74 Å². The minimum atomic E-state index is -0.332. The van der Waals surface area contributed by atoms with Gasteiger partial charge in [-0.15, -0.1) is 0 Å². The molecule has 1 heterocycles. The van der Waals surface area contributed by atoms with Crippen molar-refractivity contribution in [1.29, 1.82) is 0 Å². The Morgan fingerprint density at radius 2 is 1.32 bits per heavy atom. The average molecular weight is 463 g/mol. The normalized spacial score (nSPS) is 14.3. The summed E-state index contributed by atoms with van der Waals surface area (Å²) in [6.45, 7) is 14.7. The highest BCUT2D eigenvalue weighted by molar-refractivity contribution is 6.22. The summed E-state index contributed by atoms with van der Waals surface area (Å²) < 4.78 is 5.54. The summed E-state index contributed by atoms with van der Waals surface area (Å²) in [5.74, 6) is 0.417. The van der Waals surface area contributed by atoms with Crippen LogP contribution in [0, 0.1) is 0 Å². The van der Waals surface area contributed by atoms with Crippen molar-refractivity contribution in [2.45, 2.75) is 93.4 Å². The van der Waals surface area contributed by atoms with Gasteiger partial charge in [0.25, 0.3) is 0 Å². The van der Waals surface area contributed by atoms with Crippen LogP contribution >= 0.6 is 0 Å². The number of esters is 1. The highest BCUT2D eigenvalue weighted by atomic mass is 16.5. The van der Waals surface area contributed by atoms with Crippen molar-refractivity contribution in [1.82, 2.24) is 0 Å². The number of fused-ring (bicyclic) bond motifs is 1. The Hall–Kier alpha value is -2.81. The maximum absolute atomic E-state index is 12.3. The highest BCUT2D eigenvalue weighted by Crippen LogP contribution is 2.41. The smallest absolute Gasteiger partial charge is 0.344 e. The third-order valence-corrected chi connectivity index (χ3v) is 6.14. The van der Waals surface area contributed by atoms with Gasteiger partial charge >= 0.3 is 5.97 Å². The average Bonchev–Trinajstić information content (AvgIpc) is 3.07. The number of phenolic OH excluding ortho intramolecular Hbond substituents is 1. The number of carbonyl (C=O) groups is 1. The van der Waals surface area contributed by atoms with E-state index in [1.165, 1.54) is 22.3 Å². The zero-order valence-corrected chi connectivity index (χ0v) is 22.2. The number of phenols is 1. The minimum absolute atomic E-state index is 0.164. The first-order chi connectivity index (χ1) is 16.1. The topological polar surface area (TPSA) is 46.5 Å². The molecule has 0 aliphatic carbocycles. The molecule has 1 aromatic carbocycles. The summed E-state index contributed by atoms with van der Waals surface area (Å²) in [5, 5.41) is 10.2. The Bertz CT molecular complexity index is 1040. The quantitative estimate of drug-likeness (QED) is 0.155. The van der Waals surface area contributed by atoms with Crippen molar-refractivity contribution in [2.75, 3.05) is 0 Å². The molecule has 0 spiro atoms. The van der Waals surface area contributed by atoms with Crippen LogP contribution in [0.2, 0.25) is 0 Å². The Morgan fingerprint density at radius 1 is 0.794 bits per heavy atom. The number of carbonyl (C=O) groups excluding carboxylic acids is 1. The van der Waals surface area contributed by atoms with E-state index in [1.54, 1.807) is 12.1 Å². The second-order valence-corrected chi connectivity index (χ2v) is 10.00. The van der Waals surface area contributed by atoms with Crippen LogP contribution in [-0.4, -0.2) is 11.1 Å². The van der Waals surface area contributed by atoms with Gasteiger partial charge in [-0.25, -0.2) is 4.79 Å². The lowest BCUT2D eigenvalue weighted by Gasteiger charge is -2.07. The monoisotopic (exact) mass is 462 g/mol. The van der Waals surface area contributed by atoms with Crippen molar-refractivity contribution in [3.63, 3.8) is 0 Å². The van der Waals surface area contributed by atoms with Gasteiger partial charge in [-0.2, -0.15) is 0 Å². The van der Waals surface area contributed by atoms with Gasteiger partial charge in [0.05, 0.1) is 5.57 Å². The molecule has 184 valence electrons. The Labute approximate surface area is 206 Å². The predicted molar refractivity (Wildman–Crippen MR) is 144 cm³/mol. The largest absolute Gasteiger partial charge is 0.508 e. The number of rotatable bonds is 11. The molecule has 3 heteroatoms. The molecule has 3 nitrogen and oxygen atoms in total. The molecule has 0 unspecified atom stereocenters. The molecule has 1 aromatic rings. The van der Waals surface area contributed by atoms with E-state index in [9.17, 15) is 9.90 Å². The number of hydrogen-bond acceptors (Lipinski definition) is 3. The molecule has 1 aliphatic rings. The van der Waals surface area contributed by atoms with Crippen LogP contribution in [0.5, 0.6) is 11.5 Å². The zero-order valence-electron chi connectivity index (χ0n) is 22.2. The van der Waals surface area contributed by atoms with E-state index in [-0.39, 0.29) is 11.7 Å². The third-order valence-electron chi connectivity index (χ3n) is 6.14. The van der Waals surface area contributed by atoms with E-state index < -0.39 is 0 Å². The van der Waals surface area contributed by atoms with Crippen LogP contribution in [-0.2, 0) is 11.2 Å². The van der Waals surface area contributed by atoms with Crippen LogP contribution in [0.1, 0.15) is 98.1 Å². The summed E-state index contributed by atoms with van der Waals surface area (Å²) in [7, 11) is 0. The Kier molecular flexibility index (Phi) is 10.6. The predicted octanol–water partition coefficient (Wildman–Crippen LogP) is 8.79. The molecule has 0 aromatic heterocycles. The summed E-state index contributed by atoms with van der Waals surface area (Å²) in [5.41, 5.74) is 8.60. The zero-order chi connectivity index (χ0) is 25.3. The molecule has 2 rings (SSSR count). The molecule has 0 amide bonds. The van der Waals surface area contributed by atoms with Gasteiger partial charge in [-0.3, -0.25) is 0 Å². The second kappa shape index (κ2) is 13.2. The maximum atomic E-state index is 12.3. The molecule has 1 N–H and O–H groups in total. The van der Waals surface area contributed by atoms with Crippen LogP contribution in [0.4, 0.5) is 0 Å². The van der Waals surface area contributed by atoms with E-state index in [0.29, 0.717) is 23.3 Å². The third kappa shape index (κ3) is 8.52. The lowest BCUT2D eigenvalue weighted by molar-refractivity contribution is -0.127. The van der Waals surface area contributed by atoms with Crippen molar-refractivity contribution < 1.29 is 14.6 Å². The fraction of sp³-hybridized carbons (Fsp3) is 0.452. The summed E-state index contributed by atoms with van der Waals surface area (Å²) in [6.07, 6.45) is 16.3. The van der Waals surface area contributed by atoms with Gasteiger partial charge in [-0.05, 0) is 106 Å². The Balaban J connectivity index is 1.88. The molecule has 0 radical (unpaired) electrons. The van der Waals surface area contributed by atoms with Crippen LogP contribution in [0.15, 0.2) is 64.3 Å². The fourth-order valence-corrected chi connectivity index (χ4v) is 4.13. The van der Waals surface area contributed by atoms with Gasteiger partial charge in [-0.1, -0.05) is 52.2 Å². The molecule has 0 saturated carbocycles. The maximum Gasteiger partial charge on any atom is 0.344 e. The van der Waals surface area contributed by atoms with E-state index in [1.807, 2.05) is 13.8 Å². The molecular formula is C31H42O3. The highest BCUT2D eigenvalue weighted by Gasteiger charge is 2.30. The summed E-state index contributed by atoms with van der Waals surface area (Å²) >= 11 is 0. The van der Waals surface area contributed by atoms with Gasteiger partial charge in [0.15, 0.2) is 0 Å². The number of benzene rings is 1. The Morgan fingerprint density at radius 3 is 1.85 bits per heavy atom.